The molecule has 0 radical (unpaired) electrons. The summed E-state index contributed by atoms with van der Waals surface area (Å²) < 4.78 is 13.6. The van der Waals surface area contributed by atoms with E-state index < -0.39 is 0 Å². The third kappa shape index (κ3) is 4.92. The zero-order valence-electron chi connectivity index (χ0n) is 16.8. The fourth-order valence-corrected chi connectivity index (χ4v) is 4.52. The molecule has 162 valence electrons. The lowest BCUT2D eigenvalue weighted by Crippen LogP contribution is -2.28. The Balaban J connectivity index is 1.35. The maximum absolute atomic E-state index is 12.4. The average molecular weight is 479 g/mol. The van der Waals surface area contributed by atoms with Crippen molar-refractivity contribution in [1.29, 1.82) is 0 Å². The van der Waals surface area contributed by atoms with Crippen LogP contribution in [0.5, 0.6) is 11.5 Å². The van der Waals surface area contributed by atoms with Crippen LogP contribution in [0.2, 0.25) is 10.0 Å². The molecule has 0 aliphatic carbocycles. The Morgan fingerprint density at radius 1 is 1.26 bits per heavy atom. The number of hydrogen-bond acceptors (Lipinski definition) is 6. The summed E-state index contributed by atoms with van der Waals surface area (Å²) in [7, 11) is 1.84. The molecule has 31 heavy (non-hydrogen) atoms. The normalized spacial score (nSPS) is 16.1. The van der Waals surface area contributed by atoms with E-state index in [0.717, 1.165) is 5.56 Å². The van der Waals surface area contributed by atoms with Gasteiger partial charge in [0, 0.05) is 17.1 Å². The van der Waals surface area contributed by atoms with Crippen molar-refractivity contribution in [3.8, 4) is 11.5 Å². The minimum Gasteiger partial charge on any atom is -0.485 e. The van der Waals surface area contributed by atoms with E-state index in [0.29, 0.717) is 39.1 Å². The van der Waals surface area contributed by atoms with Crippen molar-refractivity contribution in [2.24, 2.45) is 7.05 Å². The van der Waals surface area contributed by atoms with Gasteiger partial charge in [0.1, 0.15) is 6.61 Å². The largest absolute Gasteiger partial charge is 0.485 e. The molecule has 10 heteroatoms. The number of amides is 1. The SMILES string of the molecule is CC(NC(=O)CSc1nnc(C2COc3ccccc3O2)n1C)c1ccc(Cl)cc1Cl. The van der Waals surface area contributed by atoms with Gasteiger partial charge in [-0.3, -0.25) is 4.79 Å². The zero-order chi connectivity index (χ0) is 22.0. The number of para-hydroxylation sites is 2. The molecule has 2 atom stereocenters. The average Bonchev–Trinajstić information content (AvgIpc) is 3.12. The number of nitrogens with one attached hydrogen (secondary N) is 1. The molecule has 4 rings (SSSR count). The van der Waals surface area contributed by atoms with Gasteiger partial charge in [0.2, 0.25) is 5.91 Å². The molecule has 1 aliphatic rings. The number of halogens is 2. The van der Waals surface area contributed by atoms with Crippen molar-refractivity contribution < 1.29 is 14.3 Å². The van der Waals surface area contributed by atoms with E-state index in [1.807, 2.05) is 48.9 Å². The van der Waals surface area contributed by atoms with E-state index >= 15 is 0 Å². The first kappa shape index (κ1) is 21.8. The minimum absolute atomic E-state index is 0.140. The minimum atomic E-state index is -0.373. The van der Waals surface area contributed by atoms with Gasteiger partial charge in [0.25, 0.3) is 0 Å². The molecule has 0 bridgehead atoms. The van der Waals surface area contributed by atoms with Crippen LogP contribution in [0.4, 0.5) is 0 Å². The molecule has 2 aromatic carbocycles. The second-order valence-corrected chi connectivity index (χ2v) is 8.79. The highest BCUT2D eigenvalue weighted by Gasteiger charge is 2.27. The standard InChI is InChI=1S/C21H20Cl2N4O3S/c1-12(14-8-7-13(22)9-15(14)23)24-19(28)11-31-21-26-25-20(27(21)2)18-10-29-16-5-3-4-6-17(16)30-18/h3-9,12,18H,10-11H2,1-2H3,(H,24,28). The number of nitrogens with zero attached hydrogens (tertiary/aromatic N) is 3. The van der Waals surface area contributed by atoms with E-state index in [4.69, 9.17) is 32.7 Å². The van der Waals surface area contributed by atoms with Crippen LogP contribution in [0.3, 0.4) is 0 Å². The van der Waals surface area contributed by atoms with Crippen LogP contribution < -0.4 is 14.8 Å². The van der Waals surface area contributed by atoms with E-state index in [-0.39, 0.29) is 23.8 Å². The predicted molar refractivity (Wildman–Crippen MR) is 120 cm³/mol. The molecular formula is C21H20Cl2N4O3S. The van der Waals surface area contributed by atoms with E-state index in [2.05, 4.69) is 15.5 Å². The molecule has 1 amide bonds. The van der Waals surface area contributed by atoms with Crippen LogP contribution >= 0.6 is 35.0 Å². The smallest absolute Gasteiger partial charge is 0.230 e. The number of benzene rings is 2. The number of hydrogen-bond donors (Lipinski definition) is 1. The summed E-state index contributed by atoms with van der Waals surface area (Å²) in [5.41, 5.74) is 0.806. The maximum atomic E-state index is 12.4. The number of ether oxygens (including phenoxy) is 2. The number of thioether (sulfide) groups is 1. The third-order valence-electron chi connectivity index (χ3n) is 4.80. The van der Waals surface area contributed by atoms with Gasteiger partial charge >= 0.3 is 0 Å². The maximum Gasteiger partial charge on any atom is 0.230 e. The Hall–Kier alpha value is -2.42. The summed E-state index contributed by atoms with van der Waals surface area (Å²) in [6.07, 6.45) is -0.373. The zero-order valence-corrected chi connectivity index (χ0v) is 19.2. The lowest BCUT2D eigenvalue weighted by atomic mass is 10.1. The second-order valence-electron chi connectivity index (χ2n) is 7.01. The Labute approximate surface area is 194 Å². The summed E-state index contributed by atoms with van der Waals surface area (Å²) in [5, 5.41) is 13.1. The van der Waals surface area contributed by atoms with Gasteiger partial charge in [-0.25, -0.2) is 0 Å². The first-order valence-electron chi connectivity index (χ1n) is 9.57. The highest BCUT2D eigenvalue weighted by atomic mass is 35.5. The van der Waals surface area contributed by atoms with Crippen molar-refractivity contribution >= 4 is 40.9 Å². The number of aromatic nitrogens is 3. The van der Waals surface area contributed by atoms with Gasteiger partial charge in [-0.05, 0) is 36.8 Å². The molecule has 0 saturated carbocycles. The highest BCUT2D eigenvalue weighted by Crippen LogP contribution is 2.35. The van der Waals surface area contributed by atoms with Crippen molar-refractivity contribution in [1.82, 2.24) is 20.1 Å². The highest BCUT2D eigenvalue weighted by molar-refractivity contribution is 7.99. The lowest BCUT2D eigenvalue weighted by molar-refractivity contribution is -0.119. The van der Waals surface area contributed by atoms with Gasteiger partial charge in [0.15, 0.2) is 28.6 Å². The Kier molecular flexibility index (Phi) is 6.60. The van der Waals surface area contributed by atoms with Crippen LogP contribution in [0.25, 0.3) is 0 Å². The number of fused-ring (bicyclic) bond motifs is 1. The Morgan fingerprint density at radius 3 is 2.81 bits per heavy atom. The third-order valence-corrected chi connectivity index (χ3v) is 6.39. The van der Waals surface area contributed by atoms with Crippen molar-refractivity contribution in [2.45, 2.75) is 24.2 Å². The number of carbonyl (C=O) groups is 1. The lowest BCUT2D eigenvalue weighted by Gasteiger charge is -2.25. The van der Waals surface area contributed by atoms with Crippen molar-refractivity contribution in [2.75, 3.05) is 12.4 Å². The molecule has 0 fully saturated rings. The molecule has 7 nitrogen and oxygen atoms in total. The van der Waals surface area contributed by atoms with Gasteiger partial charge in [-0.2, -0.15) is 0 Å². The summed E-state index contributed by atoms with van der Waals surface area (Å²) >= 11 is 13.5. The Bertz CT molecular complexity index is 1110. The molecule has 1 aliphatic heterocycles. The summed E-state index contributed by atoms with van der Waals surface area (Å²) in [5.74, 6) is 2.07. The summed E-state index contributed by atoms with van der Waals surface area (Å²) in [6.45, 7) is 2.21. The van der Waals surface area contributed by atoms with E-state index in [9.17, 15) is 4.79 Å². The van der Waals surface area contributed by atoms with Crippen molar-refractivity contribution in [3.05, 3.63) is 63.9 Å². The van der Waals surface area contributed by atoms with Crippen molar-refractivity contribution in [3.63, 3.8) is 0 Å². The van der Waals surface area contributed by atoms with Crippen LogP contribution in [0, 0.1) is 0 Å². The fourth-order valence-electron chi connectivity index (χ4n) is 3.22. The monoisotopic (exact) mass is 478 g/mol. The first-order chi connectivity index (χ1) is 14.9. The number of carbonyl (C=O) groups excluding carboxylic acids is 1. The van der Waals surface area contributed by atoms with Crippen LogP contribution in [-0.2, 0) is 11.8 Å². The molecule has 2 unspecified atom stereocenters. The fraction of sp³-hybridized carbons (Fsp3) is 0.286. The van der Waals surface area contributed by atoms with Crippen LogP contribution in [0.1, 0.15) is 30.5 Å². The van der Waals surface area contributed by atoms with Crippen LogP contribution in [-0.4, -0.2) is 33.0 Å². The summed E-state index contributed by atoms with van der Waals surface area (Å²) in [4.78, 5) is 12.4. The Morgan fingerprint density at radius 2 is 2.03 bits per heavy atom. The van der Waals surface area contributed by atoms with Gasteiger partial charge < -0.3 is 19.4 Å². The topological polar surface area (TPSA) is 78.3 Å². The van der Waals surface area contributed by atoms with E-state index in [1.165, 1.54) is 11.8 Å². The molecule has 1 N–H and O–H groups in total. The molecule has 0 saturated heterocycles. The van der Waals surface area contributed by atoms with Gasteiger partial charge in [0.05, 0.1) is 11.8 Å². The first-order valence-corrected chi connectivity index (χ1v) is 11.3. The van der Waals surface area contributed by atoms with Gasteiger partial charge in [-0.15, -0.1) is 10.2 Å². The van der Waals surface area contributed by atoms with E-state index in [1.54, 1.807) is 12.1 Å². The molecule has 3 aromatic rings. The molecule has 1 aromatic heterocycles. The second kappa shape index (κ2) is 9.38. The van der Waals surface area contributed by atoms with Crippen LogP contribution in [0.15, 0.2) is 47.6 Å². The summed E-state index contributed by atoms with van der Waals surface area (Å²) in [6, 6.07) is 12.5. The molecule has 2 heterocycles. The number of rotatable bonds is 6. The van der Waals surface area contributed by atoms with Gasteiger partial charge in [-0.1, -0.05) is 53.2 Å². The molecular weight excluding hydrogens is 459 g/mol. The predicted octanol–water partition coefficient (Wildman–Crippen LogP) is 4.60. The quantitative estimate of drug-likeness (QED) is 0.521. The molecule has 0 spiro atoms.